The van der Waals surface area contributed by atoms with Crippen molar-refractivity contribution in [1.82, 2.24) is 10.2 Å². The first kappa shape index (κ1) is 16.7. The number of nitrogens with one attached hydrogen (secondary N) is 1. The highest BCUT2D eigenvalue weighted by atomic mass is 32.1. The van der Waals surface area contributed by atoms with Gasteiger partial charge in [0.05, 0.1) is 11.3 Å². The Kier molecular flexibility index (Phi) is 5.30. The molecule has 2 heterocycles. The Morgan fingerprint density at radius 1 is 1.21 bits per heavy atom. The lowest BCUT2D eigenvalue weighted by molar-refractivity contribution is -0.131. The van der Waals surface area contributed by atoms with Gasteiger partial charge in [0.15, 0.2) is 0 Å². The first-order valence-corrected chi connectivity index (χ1v) is 9.17. The summed E-state index contributed by atoms with van der Waals surface area (Å²) in [5.41, 5.74) is 2.24. The van der Waals surface area contributed by atoms with Gasteiger partial charge in [0.25, 0.3) is 5.91 Å². The second-order valence-corrected chi connectivity index (χ2v) is 7.22. The number of hydrogen-bond acceptors (Lipinski definition) is 3. The highest BCUT2D eigenvalue weighted by molar-refractivity contribution is 7.12. The molecule has 1 aliphatic heterocycles. The molecule has 24 heavy (non-hydrogen) atoms. The summed E-state index contributed by atoms with van der Waals surface area (Å²) in [6.07, 6.45) is 2.08. The summed E-state index contributed by atoms with van der Waals surface area (Å²) in [5, 5.41) is 4.98. The average Bonchev–Trinajstić information content (AvgIpc) is 3.10. The van der Waals surface area contributed by atoms with E-state index in [2.05, 4.69) is 11.4 Å². The molecule has 126 valence electrons. The molecule has 0 spiro atoms. The molecule has 4 nitrogen and oxygen atoms in total. The molecule has 1 N–H and O–H groups in total. The summed E-state index contributed by atoms with van der Waals surface area (Å²) in [6.45, 7) is 3.45. The predicted molar refractivity (Wildman–Crippen MR) is 96.3 cm³/mol. The third-order valence-electron chi connectivity index (χ3n) is 4.37. The number of piperidine rings is 1. The van der Waals surface area contributed by atoms with Gasteiger partial charge in [0, 0.05) is 19.1 Å². The number of rotatable bonds is 4. The van der Waals surface area contributed by atoms with Crippen LogP contribution in [0.4, 0.5) is 0 Å². The van der Waals surface area contributed by atoms with E-state index in [-0.39, 0.29) is 17.9 Å². The fraction of sp³-hybridized carbons (Fsp3) is 0.368. The first-order chi connectivity index (χ1) is 11.6. The lowest BCUT2D eigenvalue weighted by Crippen LogP contribution is -2.46. The van der Waals surface area contributed by atoms with E-state index in [4.69, 9.17) is 0 Å². The molecular formula is C19H22N2O2S. The Hall–Kier alpha value is -2.14. The van der Waals surface area contributed by atoms with Gasteiger partial charge >= 0.3 is 0 Å². The molecule has 5 heteroatoms. The normalized spacial score (nSPS) is 15.3. The number of hydrogen-bond donors (Lipinski definition) is 1. The van der Waals surface area contributed by atoms with Crippen LogP contribution in [0.5, 0.6) is 0 Å². The minimum absolute atomic E-state index is 0.00506. The highest BCUT2D eigenvalue weighted by Crippen LogP contribution is 2.15. The monoisotopic (exact) mass is 342 g/mol. The largest absolute Gasteiger partial charge is 0.348 e. The van der Waals surface area contributed by atoms with Crippen LogP contribution in [-0.4, -0.2) is 35.8 Å². The molecule has 1 aliphatic rings. The van der Waals surface area contributed by atoms with Gasteiger partial charge in [-0.05, 0) is 36.8 Å². The van der Waals surface area contributed by atoms with Crippen LogP contribution in [0, 0.1) is 6.92 Å². The van der Waals surface area contributed by atoms with Crippen LogP contribution >= 0.6 is 11.3 Å². The topological polar surface area (TPSA) is 49.4 Å². The van der Waals surface area contributed by atoms with Crippen LogP contribution in [0.1, 0.15) is 33.6 Å². The van der Waals surface area contributed by atoms with E-state index in [0.717, 1.165) is 23.3 Å². The van der Waals surface area contributed by atoms with Crippen molar-refractivity contribution in [3.05, 3.63) is 57.8 Å². The zero-order valence-electron chi connectivity index (χ0n) is 13.8. The standard InChI is InChI=1S/C19H22N2O2S/c1-14-4-2-5-15(12-14)13-18(22)21-9-7-16(8-10-21)20-19(23)17-6-3-11-24-17/h2-6,11-12,16H,7-10,13H2,1H3,(H,20,23). The molecule has 1 aromatic heterocycles. The smallest absolute Gasteiger partial charge is 0.261 e. The number of carbonyl (C=O) groups excluding carboxylic acids is 2. The summed E-state index contributed by atoms with van der Waals surface area (Å²) in [5.74, 6) is 0.165. The first-order valence-electron chi connectivity index (χ1n) is 8.29. The summed E-state index contributed by atoms with van der Waals surface area (Å²) < 4.78 is 0. The van der Waals surface area contributed by atoms with Gasteiger partial charge in [-0.25, -0.2) is 0 Å². The second-order valence-electron chi connectivity index (χ2n) is 6.27. The molecule has 0 radical (unpaired) electrons. The van der Waals surface area contributed by atoms with Crippen LogP contribution < -0.4 is 5.32 Å². The van der Waals surface area contributed by atoms with E-state index in [1.54, 1.807) is 0 Å². The van der Waals surface area contributed by atoms with Crippen molar-refractivity contribution in [3.63, 3.8) is 0 Å². The van der Waals surface area contributed by atoms with Gasteiger partial charge in [-0.2, -0.15) is 0 Å². The summed E-state index contributed by atoms with van der Waals surface area (Å²) in [6, 6.07) is 12.0. The molecule has 3 rings (SSSR count). The molecule has 1 fully saturated rings. The van der Waals surface area contributed by atoms with Crippen molar-refractivity contribution in [1.29, 1.82) is 0 Å². The van der Waals surface area contributed by atoms with Crippen molar-refractivity contribution in [2.75, 3.05) is 13.1 Å². The Morgan fingerprint density at radius 3 is 2.67 bits per heavy atom. The summed E-state index contributed by atoms with van der Waals surface area (Å²) >= 11 is 1.45. The van der Waals surface area contributed by atoms with Crippen molar-refractivity contribution in [2.24, 2.45) is 0 Å². The van der Waals surface area contributed by atoms with Crippen molar-refractivity contribution >= 4 is 23.2 Å². The Morgan fingerprint density at radius 2 is 2.00 bits per heavy atom. The van der Waals surface area contributed by atoms with Crippen LogP contribution in [-0.2, 0) is 11.2 Å². The molecule has 0 aliphatic carbocycles. The number of carbonyl (C=O) groups is 2. The van der Waals surface area contributed by atoms with Crippen molar-refractivity contribution < 1.29 is 9.59 Å². The SMILES string of the molecule is Cc1cccc(CC(=O)N2CCC(NC(=O)c3cccs3)CC2)c1. The summed E-state index contributed by atoms with van der Waals surface area (Å²) in [7, 11) is 0. The maximum atomic E-state index is 12.4. The Balaban J connectivity index is 1.48. The third-order valence-corrected chi connectivity index (χ3v) is 5.23. The lowest BCUT2D eigenvalue weighted by Gasteiger charge is -2.32. The van der Waals surface area contributed by atoms with Gasteiger partial charge in [-0.3, -0.25) is 9.59 Å². The molecule has 1 saturated heterocycles. The average molecular weight is 342 g/mol. The van der Waals surface area contributed by atoms with E-state index in [1.807, 2.05) is 47.5 Å². The lowest BCUT2D eigenvalue weighted by atomic mass is 10.0. The maximum absolute atomic E-state index is 12.4. The zero-order chi connectivity index (χ0) is 16.9. The zero-order valence-corrected chi connectivity index (χ0v) is 14.6. The molecule has 0 atom stereocenters. The number of benzene rings is 1. The number of aryl methyl sites for hydroxylation is 1. The molecule has 0 saturated carbocycles. The maximum Gasteiger partial charge on any atom is 0.261 e. The second kappa shape index (κ2) is 7.62. The Bertz CT molecular complexity index is 704. The van der Waals surface area contributed by atoms with E-state index in [1.165, 1.54) is 16.9 Å². The third kappa shape index (κ3) is 4.23. The van der Waals surface area contributed by atoms with Gasteiger partial charge in [-0.1, -0.05) is 35.9 Å². The fourth-order valence-electron chi connectivity index (χ4n) is 3.05. The number of thiophene rings is 1. The van der Waals surface area contributed by atoms with Gasteiger partial charge in [0.2, 0.25) is 5.91 Å². The van der Waals surface area contributed by atoms with Crippen LogP contribution in [0.15, 0.2) is 41.8 Å². The van der Waals surface area contributed by atoms with Gasteiger partial charge in [0.1, 0.15) is 0 Å². The van der Waals surface area contributed by atoms with Gasteiger partial charge < -0.3 is 10.2 Å². The minimum atomic E-state index is -0.00506. The molecule has 1 aromatic carbocycles. The molecule has 0 unspecified atom stereocenters. The van der Waals surface area contributed by atoms with Crippen LogP contribution in [0.25, 0.3) is 0 Å². The molecule has 2 amide bonds. The van der Waals surface area contributed by atoms with Crippen LogP contribution in [0.2, 0.25) is 0 Å². The quantitative estimate of drug-likeness (QED) is 0.928. The molecule has 2 aromatic rings. The Labute approximate surface area is 146 Å². The number of likely N-dealkylation sites (tertiary alicyclic amines) is 1. The number of nitrogens with zero attached hydrogens (tertiary/aromatic N) is 1. The fourth-order valence-corrected chi connectivity index (χ4v) is 3.67. The minimum Gasteiger partial charge on any atom is -0.348 e. The van der Waals surface area contributed by atoms with E-state index in [9.17, 15) is 9.59 Å². The van der Waals surface area contributed by atoms with E-state index < -0.39 is 0 Å². The van der Waals surface area contributed by atoms with E-state index in [0.29, 0.717) is 19.5 Å². The van der Waals surface area contributed by atoms with Crippen LogP contribution in [0.3, 0.4) is 0 Å². The van der Waals surface area contributed by atoms with Crippen molar-refractivity contribution in [2.45, 2.75) is 32.2 Å². The van der Waals surface area contributed by atoms with E-state index >= 15 is 0 Å². The molecular weight excluding hydrogens is 320 g/mol. The predicted octanol–water partition coefficient (Wildman–Crippen LogP) is 3.02. The highest BCUT2D eigenvalue weighted by Gasteiger charge is 2.24. The van der Waals surface area contributed by atoms with Crippen molar-refractivity contribution in [3.8, 4) is 0 Å². The van der Waals surface area contributed by atoms with Gasteiger partial charge in [-0.15, -0.1) is 11.3 Å². The number of amides is 2. The summed E-state index contributed by atoms with van der Waals surface area (Å²) in [4.78, 5) is 27.2. The molecule has 0 bridgehead atoms.